The molecular formula is C15H23BN2O3. The molecule has 1 fully saturated rings. The zero-order chi connectivity index (χ0) is 15.6. The van der Waals surface area contributed by atoms with Crippen LogP contribution in [0.4, 0.5) is 11.4 Å². The fourth-order valence-corrected chi connectivity index (χ4v) is 2.76. The lowest BCUT2D eigenvalue weighted by atomic mass is 9.79. The van der Waals surface area contributed by atoms with Crippen molar-refractivity contribution in [2.45, 2.75) is 45.2 Å². The molecule has 0 spiro atoms. The highest BCUT2D eigenvalue weighted by Gasteiger charge is 2.52. The van der Waals surface area contributed by atoms with Gasteiger partial charge in [-0.2, -0.15) is 0 Å². The van der Waals surface area contributed by atoms with Gasteiger partial charge in [0.25, 0.3) is 0 Å². The van der Waals surface area contributed by atoms with E-state index in [1.165, 1.54) is 0 Å². The van der Waals surface area contributed by atoms with Gasteiger partial charge in [-0.15, -0.1) is 0 Å². The van der Waals surface area contributed by atoms with Crippen molar-refractivity contribution in [3.8, 4) is 0 Å². The third kappa shape index (κ3) is 2.05. The monoisotopic (exact) mass is 290 g/mol. The summed E-state index contributed by atoms with van der Waals surface area (Å²) in [6.07, 6.45) is -0.631. The third-order valence-electron chi connectivity index (χ3n) is 4.98. The van der Waals surface area contributed by atoms with Crippen LogP contribution in [0, 0.1) is 0 Å². The molecule has 0 aliphatic carbocycles. The number of hydrogen-bond donors (Lipinski definition) is 1. The minimum atomic E-state index is -0.631. The van der Waals surface area contributed by atoms with Crippen LogP contribution in [-0.2, 0) is 9.31 Å². The molecule has 0 aromatic heterocycles. The molecular weight excluding hydrogens is 267 g/mol. The molecule has 0 bridgehead atoms. The van der Waals surface area contributed by atoms with Crippen molar-refractivity contribution < 1.29 is 14.4 Å². The summed E-state index contributed by atoms with van der Waals surface area (Å²) in [4.78, 5) is 3.67. The number of hydrogen-bond acceptors (Lipinski definition) is 5. The van der Waals surface area contributed by atoms with Crippen molar-refractivity contribution in [1.29, 1.82) is 0 Å². The lowest BCUT2D eigenvalue weighted by Gasteiger charge is -2.32. The average molecular weight is 290 g/mol. The van der Waals surface area contributed by atoms with Gasteiger partial charge in [-0.1, -0.05) is 6.07 Å². The topological polar surface area (TPSA) is 45.2 Å². The lowest BCUT2D eigenvalue weighted by Crippen LogP contribution is -2.41. The zero-order valence-corrected chi connectivity index (χ0v) is 13.5. The van der Waals surface area contributed by atoms with Gasteiger partial charge in [-0.3, -0.25) is 0 Å². The maximum Gasteiger partial charge on any atom is 0.494 e. The summed E-state index contributed by atoms with van der Waals surface area (Å²) in [6.45, 7) is 8.18. The van der Waals surface area contributed by atoms with Crippen molar-refractivity contribution in [3.63, 3.8) is 0 Å². The number of aliphatic hydroxyl groups excluding tert-OH is 1. The van der Waals surface area contributed by atoms with E-state index in [1.807, 2.05) is 69.8 Å². The van der Waals surface area contributed by atoms with Gasteiger partial charge >= 0.3 is 7.12 Å². The van der Waals surface area contributed by atoms with Crippen molar-refractivity contribution in [2.24, 2.45) is 0 Å². The summed E-state index contributed by atoms with van der Waals surface area (Å²) in [7, 11) is 3.37. The Bertz CT molecular complexity index is 560. The molecule has 21 heavy (non-hydrogen) atoms. The number of aliphatic hydroxyl groups is 1. The maximum atomic E-state index is 10.1. The van der Waals surface area contributed by atoms with Crippen molar-refractivity contribution in [2.75, 3.05) is 23.9 Å². The molecule has 2 aliphatic rings. The van der Waals surface area contributed by atoms with E-state index < -0.39 is 6.35 Å². The molecule has 2 heterocycles. The van der Waals surface area contributed by atoms with Crippen LogP contribution in [0.2, 0.25) is 0 Å². The van der Waals surface area contributed by atoms with Gasteiger partial charge in [-0.05, 0) is 45.3 Å². The normalized spacial score (nSPS) is 26.4. The molecule has 1 N–H and O–H groups in total. The van der Waals surface area contributed by atoms with E-state index in [4.69, 9.17) is 9.31 Å². The SMILES string of the molecule is CN1c2ccc(B3OC(C)(C)C(C)(C)O3)cc2N(C)C1O. The number of rotatable bonds is 1. The fourth-order valence-electron chi connectivity index (χ4n) is 2.76. The van der Waals surface area contributed by atoms with Crippen molar-refractivity contribution in [3.05, 3.63) is 18.2 Å². The van der Waals surface area contributed by atoms with E-state index in [1.54, 1.807) is 0 Å². The molecule has 2 aliphatic heterocycles. The summed E-state index contributed by atoms with van der Waals surface area (Å²) < 4.78 is 12.2. The van der Waals surface area contributed by atoms with Gasteiger partial charge in [0.2, 0.25) is 6.35 Å². The Kier molecular flexibility index (Phi) is 3.07. The molecule has 3 rings (SSSR count). The quantitative estimate of drug-likeness (QED) is 0.786. The standard InChI is InChI=1S/C15H23BN2O3/c1-14(2)15(3,4)21-16(20-14)10-7-8-11-12(9-10)18(6)13(19)17(11)5/h7-9,13,19H,1-6H3. The second kappa shape index (κ2) is 4.38. The molecule has 1 unspecified atom stereocenters. The summed E-state index contributed by atoms with van der Waals surface area (Å²) in [5.41, 5.74) is 2.27. The number of fused-ring (bicyclic) bond motifs is 1. The van der Waals surface area contributed by atoms with Crippen LogP contribution in [0.3, 0.4) is 0 Å². The molecule has 0 saturated carbocycles. The number of anilines is 2. The molecule has 0 amide bonds. The first kappa shape index (κ1) is 14.7. The van der Waals surface area contributed by atoms with E-state index in [0.717, 1.165) is 16.8 Å². The maximum absolute atomic E-state index is 10.1. The summed E-state index contributed by atoms with van der Waals surface area (Å²) >= 11 is 0. The Morgan fingerprint density at radius 3 is 2.10 bits per heavy atom. The predicted octanol–water partition coefficient (Wildman–Crippen LogP) is 1.15. The first-order valence-electron chi connectivity index (χ1n) is 7.27. The van der Waals surface area contributed by atoms with Crippen LogP contribution >= 0.6 is 0 Å². The smallest absolute Gasteiger partial charge is 0.399 e. The van der Waals surface area contributed by atoms with E-state index in [9.17, 15) is 5.11 Å². The van der Waals surface area contributed by atoms with Crippen LogP contribution < -0.4 is 15.3 Å². The van der Waals surface area contributed by atoms with E-state index in [-0.39, 0.29) is 18.3 Å². The van der Waals surface area contributed by atoms with E-state index >= 15 is 0 Å². The second-order valence-corrected chi connectivity index (χ2v) is 6.90. The fraction of sp³-hybridized carbons (Fsp3) is 0.600. The Morgan fingerprint density at radius 2 is 1.52 bits per heavy atom. The molecule has 1 atom stereocenters. The molecule has 6 heteroatoms. The lowest BCUT2D eigenvalue weighted by molar-refractivity contribution is 0.00578. The molecule has 1 aromatic carbocycles. The van der Waals surface area contributed by atoms with Gasteiger partial charge in [0, 0.05) is 14.1 Å². The highest BCUT2D eigenvalue weighted by molar-refractivity contribution is 6.62. The molecule has 0 radical (unpaired) electrons. The predicted molar refractivity (Wildman–Crippen MR) is 85.0 cm³/mol. The van der Waals surface area contributed by atoms with Gasteiger partial charge in [0.05, 0.1) is 22.6 Å². The Morgan fingerprint density at radius 1 is 1.00 bits per heavy atom. The minimum Gasteiger partial charge on any atom is -0.399 e. The Labute approximate surface area is 126 Å². The van der Waals surface area contributed by atoms with Crippen LogP contribution in [0.15, 0.2) is 18.2 Å². The largest absolute Gasteiger partial charge is 0.494 e. The van der Waals surface area contributed by atoms with Crippen LogP contribution in [0.1, 0.15) is 27.7 Å². The molecule has 1 saturated heterocycles. The second-order valence-electron chi connectivity index (χ2n) is 6.90. The van der Waals surface area contributed by atoms with Gasteiger partial charge in [0.15, 0.2) is 0 Å². The first-order valence-corrected chi connectivity index (χ1v) is 7.27. The van der Waals surface area contributed by atoms with Crippen LogP contribution in [0.5, 0.6) is 0 Å². The summed E-state index contributed by atoms with van der Waals surface area (Å²) in [6, 6.07) is 6.04. The Balaban J connectivity index is 1.94. The van der Waals surface area contributed by atoms with Gasteiger partial charge in [0.1, 0.15) is 0 Å². The zero-order valence-electron chi connectivity index (χ0n) is 13.5. The highest BCUT2D eigenvalue weighted by atomic mass is 16.7. The van der Waals surface area contributed by atoms with Gasteiger partial charge in [-0.25, -0.2) is 0 Å². The first-order chi connectivity index (χ1) is 9.64. The van der Waals surface area contributed by atoms with Crippen LogP contribution in [-0.4, -0.2) is 43.9 Å². The minimum absolute atomic E-state index is 0.348. The van der Waals surface area contributed by atoms with E-state index in [2.05, 4.69) is 0 Å². The molecule has 5 nitrogen and oxygen atoms in total. The summed E-state index contributed by atoms with van der Waals surface area (Å²) in [5, 5.41) is 10.1. The third-order valence-corrected chi connectivity index (χ3v) is 4.98. The molecule has 114 valence electrons. The number of benzene rings is 1. The van der Waals surface area contributed by atoms with E-state index in [0.29, 0.717) is 0 Å². The van der Waals surface area contributed by atoms with Gasteiger partial charge < -0.3 is 24.2 Å². The average Bonchev–Trinajstić information content (AvgIpc) is 2.75. The highest BCUT2D eigenvalue weighted by Crippen LogP contribution is 2.39. The van der Waals surface area contributed by atoms with Crippen LogP contribution in [0.25, 0.3) is 0 Å². The summed E-state index contributed by atoms with van der Waals surface area (Å²) in [5.74, 6) is 0. The number of nitrogens with zero attached hydrogens (tertiary/aromatic N) is 2. The molecule has 1 aromatic rings. The van der Waals surface area contributed by atoms with Crippen molar-refractivity contribution in [1.82, 2.24) is 0 Å². The van der Waals surface area contributed by atoms with Crippen molar-refractivity contribution >= 4 is 24.0 Å². The Hall–Kier alpha value is -1.24.